The summed E-state index contributed by atoms with van der Waals surface area (Å²) in [5.74, 6) is 1.37. The molecule has 0 unspecified atom stereocenters. The van der Waals surface area contributed by atoms with Crippen LogP contribution in [0.15, 0.2) is 38.3 Å². The average molecular weight is 382 g/mol. The summed E-state index contributed by atoms with van der Waals surface area (Å²) in [7, 11) is 4.77. The second kappa shape index (κ2) is 7.04. The molecule has 2 rings (SSSR count). The summed E-state index contributed by atoms with van der Waals surface area (Å²) in [6.45, 7) is 3.22. The first-order valence-corrected chi connectivity index (χ1v) is 8.02. The fourth-order valence-electron chi connectivity index (χ4n) is 2.37. The van der Waals surface area contributed by atoms with Crippen LogP contribution < -0.4 is 20.9 Å². The van der Waals surface area contributed by atoms with Gasteiger partial charge in [-0.15, -0.1) is 0 Å². The van der Waals surface area contributed by atoms with Crippen molar-refractivity contribution in [2.45, 2.75) is 13.5 Å². The molecule has 0 saturated carbocycles. The summed E-state index contributed by atoms with van der Waals surface area (Å²) in [4.78, 5) is 26.0. The van der Waals surface area contributed by atoms with Crippen molar-refractivity contribution in [1.29, 1.82) is 0 Å². The lowest BCUT2D eigenvalue weighted by Crippen LogP contribution is -2.40. The Morgan fingerprint density at radius 2 is 1.87 bits per heavy atom. The lowest BCUT2D eigenvalue weighted by molar-refractivity contribution is 0.414. The maximum absolute atomic E-state index is 12.1. The normalized spacial score (nSPS) is 10.7. The zero-order chi connectivity index (χ0) is 17.1. The molecule has 0 N–H and O–H groups in total. The van der Waals surface area contributed by atoms with Crippen molar-refractivity contribution >= 4 is 21.7 Å². The van der Waals surface area contributed by atoms with E-state index in [1.807, 2.05) is 30.0 Å². The molecule has 0 atom stereocenters. The highest BCUT2D eigenvalue weighted by atomic mass is 79.9. The van der Waals surface area contributed by atoms with Crippen LogP contribution in [0.4, 0.5) is 5.82 Å². The molecule has 1 aromatic heterocycles. The maximum Gasteiger partial charge on any atom is 0.332 e. The summed E-state index contributed by atoms with van der Waals surface area (Å²) in [5, 5.41) is 0. The van der Waals surface area contributed by atoms with Crippen LogP contribution in [-0.4, -0.2) is 22.8 Å². The molecule has 1 heterocycles. The molecule has 0 aliphatic heterocycles. The molecule has 0 amide bonds. The number of anilines is 1. The van der Waals surface area contributed by atoms with Crippen LogP contribution in [0.3, 0.4) is 0 Å². The van der Waals surface area contributed by atoms with E-state index >= 15 is 0 Å². The molecule has 2 aromatic rings. The average Bonchev–Trinajstić information content (AvgIpc) is 2.55. The monoisotopic (exact) mass is 381 g/mol. The Morgan fingerprint density at radius 3 is 2.43 bits per heavy atom. The molecular weight excluding hydrogens is 362 g/mol. The lowest BCUT2D eigenvalue weighted by Gasteiger charge is -2.25. The Bertz CT molecular complexity index is 826. The zero-order valence-electron chi connectivity index (χ0n) is 13.7. The molecule has 7 heteroatoms. The molecule has 0 bridgehead atoms. The number of nitrogens with zero attached hydrogens (tertiary/aromatic N) is 3. The van der Waals surface area contributed by atoms with E-state index in [1.165, 1.54) is 17.7 Å². The zero-order valence-corrected chi connectivity index (χ0v) is 15.3. The molecule has 0 spiro atoms. The van der Waals surface area contributed by atoms with Crippen molar-refractivity contribution in [3.63, 3.8) is 0 Å². The van der Waals surface area contributed by atoms with E-state index in [4.69, 9.17) is 4.74 Å². The summed E-state index contributed by atoms with van der Waals surface area (Å²) < 4.78 is 8.70. The van der Waals surface area contributed by atoms with Gasteiger partial charge in [-0.3, -0.25) is 13.9 Å². The van der Waals surface area contributed by atoms with Gasteiger partial charge in [-0.2, -0.15) is 0 Å². The van der Waals surface area contributed by atoms with Crippen molar-refractivity contribution < 1.29 is 4.74 Å². The molecule has 23 heavy (non-hydrogen) atoms. The summed E-state index contributed by atoms with van der Waals surface area (Å²) in [6, 6.07) is 7.23. The van der Waals surface area contributed by atoms with Gasteiger partial charge < -0.3 is 9.64 Å². The number of methoxy groups -OCH3 is 1. The molecule has 0 aliphatic carbocycles. The first kappa shape index (κ1) is 17.3. The smallest absolute Gasteiger partial charge is 0.332 e. The van der Waals surface area contributed by atoms with Gasteiger partial charge in [0.2, 0.25) is 0 Å². The Balaban J connectivity index is 2.42. The third-order valence-electron chi connectivity index (χ3n) is 3.83. The van der Waals surface area contributed by atoms with Crippen LogP contribution in [0.25, 0.3) is 0 Å². The van der Waals surface area contributed by atoms with Crippen molar-refractivity contribution in [3.8, 4) is 5.75 Å². The first-order valence-electron chi connectivity index (χ1n) is 7.23. The Hall–Kier alpha value is -2.02. The number of rotatable bonds is 5. The van der Waals surface area contributed by atoms with Gasteiger partial charge in [-0.05, 0) is 24.6 Å². The minimum Gasteiger partial charge on any atom is -0.497 e. The van der Waals surface area contributed by atoms with Crippen molar-refractivity contribution in [1.82, 2.24) is 9.13 Å². The van der Waals surface area contributed by atoms with E-state index in [0.717, 1.165) is 20.4 Å². The van der Waals surface area contributed by atoms with Crippen molar-refractivity contribution in [2.24, 2.45) is 14.1 Å². The molecule has 124 valence electrons. The Kier molecular flexibility index (Phi) is 5.30. The van der Waals surface area contributed by atoms with Gasteiger partial charge in [0, 0.05) is 37.7 Å². The highest BCUT2D eigenvalue weighted by Gasteiger charge is 2.14. The van der Waals surface area contributed by atoms with E-state index in [0.29, 0.717) is 18.9 Å². The molecule has 1 aromatic carbocycles. The third-order valence-corrected chi connectivity index (χ3v) is 4.57. The molecule has 6 nitrogen and oxygen atoms in total. The Labute approximate surface area is 143 Å². The van der Waals surface area contributed by atoms with Crippen LogP contribution in [-0.2, 0) is 20.6 Å². The summed E-state index contributed by atoms with van der Waals surface area (Å²) >= 11 is 3.54. The number of halogens is 1. The number of ether oxygens (including phenoxy) is 1. The van der Waals surface area contributed by atoms with Gasteiger partial charge in [-0.1, -0.05) is 22.0 Å². The molecular formula is C16H20BrN3O3. The van der Waals surface area contributed by atoms with Gasteiger partial charge in [0.1, 0.15) is 11.6 Å². The predicted molar refractivity (Wildman–Crippen MR) is 94.3 cm³/mol. The van der Waals surface area contributed by atoms with Crippen molar-refractivity contribution in [3.05, 3.63) is 55.1 Å². The number of hydrogen-bond acceptors (Lipinski definition) is 4. The summed E-state index contributed by atoms with van der Waals surface area (Å²) in [6.07, 6.45) is 0. The third kappa shape index (κ3) is 3.50. The summed E-state index contributed by atoms with van der Waals surface area (Å²) in [5.41, 5.74) is 0.399. The minimum absolute atomic E-state index is 0.310. The number of benzene rings is 1. The second-order valence-electron chi connectivity index (χ2n) is 5.21. The van der Waals surface area contributed by atoms with Crippen LogP contribution in [0, 0.1) is 0 Å². The van der Waals surface area contributed by atoms with E-state index in [-0.39, 0.29) is 11.2 Å². The quantitative estimate of drug-likeness (QED) is 0.793. The number of aromatic nitrogens is 2. The largest absolute Gasteiger partial charge is 0.497 e. The molecule has 0 aliphatic rings. The van der Waals surface area contributed by atoms with E-state index < -0.39 is 0 Å². The van der Waals surface area contributed by atoms with Gasteiger partial charge in [0.05, 0.1) is 7.11 Å². The first-order chi connectivity index (χ1) is 10.9. The highest BCUT2D eigenvalue weighted by Crippen LogP contribution is 2.25. The van der Waals surface area contributed by atoms with Gasteiger partial charge in [-0.25, -0.2) is 4.79 Å². The van der Waals surface area contributed by atoms with Crippen LogP contribution in [0.5, 0.6) is 5.75 Å². The van der Waals surface area contributed by atoms with Crippen LogP contribution in [0.2, 0.25) is 0 Å². The topological polar surface area (TPSA) is 56.5 Å². The van der Waals surface area contributed by atoms with E-state index in [9.17, 15) is 9.59 Å². The number of hydrogen-bond donors (Lipinski definition) is 0. The maximum atomic E-state index is 12.1. The minimum atomic E-state index is -0.334. The molecule has 0 radical (unpaired) electrons. The van der Waals surface area contributed by atoms with E-state index in [2.05, 4.69) is 15.9 Å². The SMILES string of the molecule is CCN(Cc1ccc(OC)cc1Br)c1cc(=O)n(C)c(=O)n1C. The standard InChI is InChI=1S/C16H20BrN3O3/c1-5-20(10-11-6-7-12(23-4)8-13(11)17)14-9-15(21)19(3)16(22)18(14)2/h6-9H,5,10H2,1-4H3. The Morgan fingerprint density at radius 1 is 1.17 bits per heavy atom. The van der Waals surface area contributed by atoms with Crippen LogP contribution in [0.1, 0.15) is 12.5 Å². The van der Waals surface area contributed by atoms with E-state index in [1.54, 1.807) is 14.2 Å². The highest BCUT2D eigenvalue weighted by molar-refractivity contribution is 9.10. The van der Waals surface area contributed by atoms with Gasteiger partial charge in [0.25, 0.3) is 5.56 Å². The fourth-order valence-corrected chi connectivity index (χ4v) is 2.85. The second-order valence-corrected chi connectivity index (χ2v) is 6.07. The fraction of sp³-hybridized carbons (Fsp3) is 0.375. The predicted octanol–water partition coefficient (Wildman–Crippen LogP) is 1.88. The van der Waals surface area contributed by atoms with Gasteiger partial charge >= 0.3 is 5.69 Å². The molecule has 0 saturated heterocycles. The van der Waals surface area contributed by atoms with Crippen molar-refractivity contribution in [2.75, 3.05) is 18.6 Å². The van der Waals surface area contributed by atoms with Gasteiger partial charge in [0.15, 0.2) is 0 Å². The molecule has 0 fully saturated rings. The lowest BCUT2D eigenvalue weighted by atomic mass is 10.2. The van der Waals surface area contributed by atoms with Crippen LogP contribution >= 0.6 is 15.9 Å².